The number of aliphatic hydroxyl groups is 1. The first-order valence-electron chi connectivity index (χ1n) is 5.41. The summed E-state index contributed by atoms with van der Waals surface area (Å²) in [7, 11) is 0. The van der Waals surface area contributed by atoms with Crippen LogP contribution in [0.15, 0.2) is 18.2 Å². The first-order valence-corrected chi connectivity index (χ1v) is 5.41. The summed E-state index contributed by atoms with van der Waals surface area (Å²) in [6.45, 7) is 3.15. The Morgan fingerprint density at radius 3 is 2.72 bits per heavy atom. The highest BCUT2D eigenvalue weighted by molar-refractivity contribution is 5.94. The van der Waals surface area contributed by atoms with Crippen LogP contribution in [0.3, 0.4) is 0 Å². The fraction of sp³-hybridized carbons (Fsp3) is 0.333. The van der Waals surface area contributed by atoms with Crippen LogP contribution in [-0.4, -0.2) is 23.7 Å². The number of imide groups is 1. The lowest BCUT2D eigenvalue weighted by atomic mass is 10.1. The number of rotatable bonds is 4. The topological polar surface area (TPSA) is 102 Å². The van der Waals surface area contributed by atoms with Crippen molar-refractivity contribution < 1.29 is 19.4 Å². The van der Waals surface area contributed by atoms with Crippen molar-refractivity contribution in [3.05, 3.63) is 29.3 Å². The van der Waals surface area contributed by atoms with Gasteiger partial charge in [0.25, 0.3) is 5.91 Å². The summed E-state index contributed by atoms with van der Waals surface area (Å²) in [6.07, 6.45) is -0.709. The van der Waals surface area contributed by atoms with Gasteiger partial charge in [-0.15, -0.1) is 0 Å². The zero-order chi connectivity index (χ0) is 13.7. The summed E-state index contributed by atoms with van der Waals surface area (Å²) >= 11 is 0. The van der Waals surface area contributed by atoms with E-state index < -0.39 is 18.0 Å². The average Bonchev–Trinajstić information content (AvgIpc) is 2.26. The SMILES string of the molecule is Cc1ccc(OCC(=O)NC(N)=O)c(C(C)O)c1. The third kappa shape index (κ3) is 4.06. The fourth-order valence-electron chi connectivity index (χ4n) is 1.44. The summed E-state index contributed by atoms with van der Waals surface area (Å²) in [6, 6.07) is 4.30. The average molecular weight is 252 g/mol. The summed E-state index contributed by atoms with van der Waals surface area (Å²) in [5.74, 6) is -0.241. The van der Waals surface area contributed by atoms with Gasteiger partial charge in [-0.2, -0.15) is 0 Å². The van der Waals surface area contributed by atoms with E-state index in [1.165, 1.54) is 0 Å². The molecular weight excluding hydrogens is 236 g/mol. The highest BCUT2D eigenvalue weighted by atomic mass is 16.5. The van der Waals surface area contributed by atoms with E-state index in [9.17, 15) is 14.7 Å². The number of carbonyl (C=O) groups excluding carboxylic acids is 2. The summed E-state index contributed by atoms with van der Waals surface area (Å²) in [5, 5.41) is 11.5. The van der Waals surface area contributed by atoms with Crippen molar-refractivity contribution in [2.45, 2.75) is 20.0 Å². The van der Waals surface area contributed by atoms with E-state index in [1.54, 1.807) is 25.1 Å². The van der Waals surface area contributed by atoms with Crippen LogP contribution in [0.25, 0.3) is 0 Å². The Labute approximate surface area is 105 Å². The number of amides is 3. The normalized spacial score (nSPS) is 11.7. The maximum Gasteiger partial charge on any atom is 0.318 e. The van der Waals surface area contributed by atoms with Crippen molar-refractivity contribution in [2.75, 3.05) is 6.61 Å². The first kappa shape index (κ1) is 14.0. The molecule has 0 aliphatic heterocycles. The lowest BCUT2D eigenvalue weighted by Crippen LogP contribution is -2.38. The molecule has 0 aliphatic carbocycles. The molecule has 1 atom stereocenters. The van der Waals surface area contributed by atoms with E-state index in [0.717, 1.165) is 5.56 Å². The van der Waals surface area contributed by atoms with Crippen molar-refractivity contribution in [1.29, 1.82) is 0 Å². The molecule has 1 unspecified atom stereocenters. The number of ether oxygens (including phenoxy) is 1. The number of nitrogens with two attached hydrogens (primary N) is 1. The Morgan fingerprint density at radius 1 is 1.50 bits per heavy atom. The molecule has 18 heavy (non-hydrogen) atoms. The molecule has 0 spiro atoms. The molecule has 0 radical (unpaired) electrons. The largest absolute Gasteiger partial charge is 0.483 e. The minimum atomic E-state index is -0.928. The maximum absolute atomic E-state index is 11.2. The van der Waals surface area contributed by atoms with Gasteiger partial charge in [0.1, 0.15) is 5.75 Å². The number of primary amides is 1. The van der Waals surface area contributed by atoms with Crippen LogP contribution < -0.4 is 15.8 Å². The van der Waals surface area contributed by atoms with Crippen molar-refractivity contribution >= 4 is 11.9 Å². The van der Waals surface area contributed by atoms with Gasteiger partial charge < -0.3 is 15.6 Å². The minimum Gasteiger partial charge on any atom is -0.483 e. The lowest BCUT2D eigenvalue weighted by Gasteiger charge is -2.13. The molecular formula is C12H16N2O4. The van der Waals surface area contributed by atoms with Crippen LogP contribution in [0.5, 0.6) is 5.75 Å². The minimum absolute atomic E-state index is 0.342. The van der Waals surface area contributed by atoms with Crippen molar-refractivity contribution in [3.8, 4) is 5.75 Å². The van der Waals surface area contributed by atoms with Crippen LogP contribution in [0.4, 0.5) is 4.79 Å². The Morgan fingerprint density at radius 2 is 2.17 bits per heavy atom. The van der Waals surface area contributed by atoms with Crippen LogP contribution in [0, 0.1) is 6.92 Å². The van der Waals surface area contributed by atoms with Gasteiger partial charge in [-0.3, -0.25) is 10.1 Å². The van der Waals surface area contributed by atoms with Gasteiger partial charge in [0.05, 0.1) is 6.10 Å². The van der Waals surface area contributed by atoms with Crippen LogP contribution in [0.1, 0.15) is 24.2 Å². The second-order valence-electron chi connectivity index (χ2n) is 3.92. The van der Waals surface area contributed by atoms with Crippen LogP contribution in [0.2, 0.25) is 0 Å². The number of hydrogen-bond donors (Lipinski definition) is 3. The molecule has 0 heterocycles. The molecule has 1 rings (SSSR count). The second kappa shape index (κ2) is 6.02. The number of aliphatic hydroxyl groups excluding tert-OH is 1. The van der Waals surface area contributed by atoms with Crippen LogP contribution >= 0.6 is 0 Å². The molecule has 0 saturated carbocycles. The van der Waals surface area contributed by atoms with E-state index in [2.05, 4.69) is 0 Å². The third-order valence-corrected chi connectivity index (χ3v) is 2.24. The summed E-state index contributed by atoms with van der Waals surface area (Å²) < 4.78 is 5.24. The zero-order valence-corrected chi connectivity index (χ0v) is 10.3. The molecule has 0 aromatic heterocycles. The fourth-order valence-corrected chi connectivity index (χ4v) is 1.44. The predicted octanol–water partition coefficient (Wildman–Crippen LogP) is 0.622. The second-order valence-corrected chi connectivity index (χ2v) is 3.92. The number of carbonyl (C=O) groups is 2. The third-order valence-electron chi connectivity index (χ3n) is 2.24. The van der Waals surface area contributed by atoms with Crippen molar-refractivity contribution in [1.82, 2.24) is 5.32 Å². The van der Waals surface area contributed by atoms with E-state index in [4.69, 9.17) is 10.5 Å². The Balaban J connectivity index is 2.72. The number of benzene rings is 1. The Hall–Kier alpha value is -2.08. The number of hydrogen-bond acceptors (Lipinski definition) is 4. The highest BCUT2D eigenvalue weighted by Crippen LogP contribution is 2.26. The van der Waals surface area contributed by atoms with Gasteiger partial charge in [-0.1, -0.05) is 11.6 Å². The van der Waals surface area contributed by atoms with Gasteiger partial charge in [0, 0.05) is 5.56 Å². The van der Waals surface area contributed by atoms with Gasteiger partial charge in [-0.25, -0.2) is 4.79 Å². The molecule has 1 aromatic rings. The molecule has 0 bridgehead atoms. The van der Waals surface area contributed by atoms with E-state index in [1.807, 2.05) is 12.2 Å². The highest BCUT2D eigenvalue weighted by Gasteiger charge is 2.11. The van der Waals surface area contributed by atoms with E-state index >= 15 is 0 Å². The summed E-state index contributed by atoms with van der Waals surface area (Å²) in [4.78, 5) is 21.6. The van der Waals surface area contributed by atoms with E-state index in [0.29, 0.717) is 11.3 Å². The van der Waals surface area contributed by atoms with Gasteiger partial charge >= 0.3 is 6.03 Å². The lowest BCUT2D eigenvalue weighted by molar-refractivity contribution is -0.121. The monoisotopic (exact) mass is 252 g/mol. The first-order chi connectivity index (χ1) is 8.40. The molecule has 98 valence electrons. The van der Waals surface area contributed by atoms with E-state index in [-0.39, 0.29) is 6.61 Å². The van der Waals surface area contributed by atoms with Crippen molar-refractivity contribution in [3.63, 3.8) is 0 Å². The number of aryl methyl sites for hydroxylation is 1. The van der Waals surface area contributed by atoms with Crippen LogP contribution in [-0.2, 0) is 4.79 Å². The van der Waals surface area contributed by atoms with Gasteiger partial charge in [0.2, 0.25) is 0 Å². The standard InChI is InChI=1S/C12H16N2O4/c1-7-3-4-10(9(5-7)8(2)15)18-6-11(16)14-12(13)17/h3-5,8,15H,6H2,1-2H3,(H3,13,14,16,17). The zero-order valence-electron chi connectivity index (χ0n) is 10.3. The molecule has 6 nitrogen and oxygen atoms in total. The molecule has 3 amide bonds. The Bertz CT molecular complexity index is 457. The van der Waals surface area contributed by atoms with Gasteiger partial charge in [0.15, 0.2) is 6.61 Å². The van der Waals surface area contributed by atoms with Gasteiger partial charge in [-0.05, 0) is 26.0 Å². The molecule has 4 N–H and O–H groups in total. The molecule has 0 aliphatic rings. The predicted molar refractivity (Wildman–Crippen MR) is 65.0 cm³/mol. The Kier molecular flexibility index (Phi) is 4.67. The molecule has 1 aromatic carbocycles. The number of urea groups is 1. The molecule has 6 heteroatoms. The summed E-state index contributed by atoms with van der Waals surface area (Å²) in [5.41, 5.74) is 6.35. The quantitative estimate of drug-likeness (QED) is 0.731. The van der Waals surface area contributed by atoms with Crippen molar-refractivity contribution in [2.24, 2.45) is 5.73 Å². The molecule has 0 fully saturated rings. The maximum atomic E-state index is 11.2. The molecule has 0 saturated heterocycles. The smallest absolute Gasteiger partial charge is 0.318 e. The number of nitrogens with one attached hydrogen (secondary N) is 1.